The Kier molecular flexibility index (Phi) is 5.98. The summed E-state index contributed by atoms with van der Waals surface area (Å²) in [5.41, 5.74) is 0. The van der Waals surface area contributed by atoms with Gasteiger partial charge in [0.05, 0.1) is 12.0 Å². The van der Waals surface area contributed by atoms with Crippen LogP contribution in [0.5, 0.6) is 0 Å². The normalized spacial score (nSPS) is 43.7. The second-order valence-electron chi connectivity index (χ2n) is 4.11. The topological polar surface area (TPSA) is 119 Å². The van der Waals surface area contributed by atoms with Gasteiger partial charge in [-0.3, -0.25) is 10.1 Å². The summed E-state index contributed by atoms with van der Waals surface area (Å²) in [6.45, 7) is -0.380. The van der Waals surface area contributed by atoms with Crippen molar-refractivity contribution in [1.82, 2.24) is 5.32 Å². The van der Waals surface area contributed by atoms with E-state index in [-0.39, 0.29) is 26.1 Å². The smallest absolute Gasteiger partial charge is 0.321 e. The van der Waals surface area contributed by atoms with Gasteiger partial charge >= 0.3 is 5.97 Å². The molecule has 2 fully saturated rings. The van der Waals surface area contributed by atoms with Crippen LogP contribution in [-0.2, 0) is 29.0 Å². The fraction of sp³-hybridized carbons (Fsp3) is 0.889. The molecule has 0 aliphatic carbocycles. The first kappa shape index (κ1) is 16.3. The zero-order valence-electron chi connectivity index (χ0n) is 9.60. The van der Waals surface area contributed by atoms with Crippen molar-refractivity contribution in [3.63, 3.8) is 0 Å². The zero-order chi connectivity index (χ0) is 12.6. The quantitative estimate of drug-likeness (QED) is 0.363. The standard InChI is InChI=1S/C9H15NO6S.Zn/c11-1-4-5(12)6(13)7(16-4)8-10-3(2-17-8)9(14)15;/h3-8,10-13H,1-2H2,(H,14,15);/t3?,4-,5-,6-,7?,8?;/m1./s1. The van der Waals surface area contributed by atoms with Crippen LogP contribution in [0.3, 0.4) is 0 Å². The van der Waals surface area contributed by atoms with E-state index in [1.54, 1.807) is 0 Å². The third-order valence-corrected chi connectivity index (χ3v) is 4.27. The molecule has 3 unspecified atom stereocenters. The maximum Gasteiger partial charge on any atom is 0.321 e. The van der Waals surface area contributed by atoms with Crippen LogP contribution >= 0.6 is 11.8 Å². The summed E-state index contributed by atoms with van der Waals surface area (Å²) in [6, 6.07) is -0.675. The number of aliphatic hydroxyl groups is 3. The van der Waals surface area contributed by atoms with Gasteiger partial charge in [0.1, 0.15) is 30.5 Å². The van der Waals surface area contributed by atoms with Crippen LogP contribution in [0.2, 0.25) is 0 Å². The van der Waals surface area contributed by atoms with Gasteiger partial charge in [0.15, 0.2) is 0 Å². The molecule has 6 atom stereocenters. The van der Waals surface area contributed by atoms with Crippen LogP contribution < -0.4 is 5.32 Å². The van der Waals surface area contributed by atoms with E-state index in [1.165, 1.54) is 11.8 Å². The van der Waals surface area contributed by atoms with Crippen LogP contribution in [0.15, 0.2) is 0 Å². The van der Waals surface area contributed by atoms with Crippen LogP contribution in [0.25, 0.3) is 0 Å². The molecule has 0 aromatic rings. The van der Waals surface area contributed by atoms with E-state index < -0.39 is 41.8 Å². The van der Waals surface area contributed by atoms with Crippen molar-refractivity contribution in [2.75, 3.05) is 12.4 Å². The number of ether oxygens (including phenoxy) is 1. The summed E-state index contributed by atoms with van der Waals surface area (Å²) in [4.78, 5) is 10.8. The molecule has 2 heterocycles. The van der Waals surface area contributed by atoms with Gasteiger partial charge in [-0.05, 0) is 0 Å². The monoisotopic (exact) mass is 329 g/mol. The maximum atomic E-state index is 10.8. The Morgan fingerprint density at radius 1 is 1.39 bits per heavy atom. The largest absolute Gasteiger partial charge is 0.480 e. The molecule has 0 amide bonds. The molecule has 2 saturated heterocycles. The predicted octanol–water partition coefficient (Wildman–Crippen LogP) is -2.42. The first-order chi connectivity index (χ1) is 8.04. The van der Waals surface area contributed by atoms with Gasteiger partial charge in [0, 0.05) is 25.2 Å². The molecule has 9 heteroatoms. The summed E-state index contributed by atoms with van der Waals surface area (Å²) >= 11 is 1.32. The van der Waals surface area contributed by atoms with Crippen molar-refractivity contribution in [3.8, 4) is 0 Å². The number of aliphatic carboxylic acids is 1. The summed E-state index contributed by atoms with van der Waals surface area (Å²) in [5, 5.41) is 39.5. The summed E-state index contributed by atoms with van der Waals surface area (Å²) < 4.78 is 5.32. The zero-order valence-corrected chi connectivity index (χ0v) is 13.4. The molecule has 0 spiro atoms. The van der Waals surface area contributed by atoms with E-state index >= 15 is 0 Å². The molecule has 0 aromatic carbocycles. The van der Waals surface area contributed by atoms with E-state index in [4.69, 9.17) is 14.9 Å². The van der Waals surface area contributed by atoms with Gasteiger partial charge < -0.3 is 25.2 Å². The van der Waals surface area contributed by atoms with Gasteiger partial charge in [0.2, 0.25) is 0 Å². The number of carboxylic acid groups (broad SMARTS) is 1. The van der Waals surface area contributed by atoms with E-state index in [0.717, 1.165) is 0 Å². The molecule has 5 N–H and O–H groups in total. The van der Waals surface area contributed by atoms with E-state index in [2.05, 4.69) is 5.32 Å². The molecule has 2 rings (SSSR count). The van der Waals surface area contributed by atoms with Crippen LogP contribution in [0, 0.1) is 0 Å². The molecule has 0 radical (unpaired) electrons. The molecule has 100 valence electrons. The predicted molar refractivity (Wildman–Crippen MR) is 58.6 cm³/mol. The van der Waals surface area contributed by atoms with Crippen molar-refractivity contribution in [1.29, 1.82) is 0 Å². The third-order valence-electron chi connectivity index (χ3n) is 2.98. The Morgan fingerprint density at radius 2 is 2.06 bits per heavy atom. The van der Waals surface area contributed by atoms with Gasteiger partial charge in [-0.25, -0.2) is 0 Å². The molecule has 0 aromatic heterocycles. The van der Waals surface area contributed by atoms with Crippen molar-refractivity contribution < 1.29 is 49.4 Å². The van der Waals surface area contributed by atoms with Crippen molar-refractivity contribution in [2.45, 2.75) is 35.8 Å². The Labute approximate surface area is 121 Å². The number of hydrogen-bond donors (Lipinski definition) is 5. The van der Waals surface area contributed by atoms with E-state index in [1.807, 2.05) is 0 Å². The van der Waals surface area contributed by atoms with Gasteiger partial charge in [0.25, 0.3) is 0 Å². The average Bonchev–Trinajstić information content (AvgIpc) is 2.87. The first-order valence-electron chi connectivity index (χ1n) is 5.27. The number of thioether (sulfide) groups is 1. The third kappa shape index (κ3) is 3.04. The second-order valence-corrected chi connectivity index (χ2v) is 5.29. The molecule has 2 aliphatic heterocycles. The minimum absolute atomic E-state index is 0. The number of nitrogens with one attached hydrogen (secondary N) is 1. The number of rotatable bonds is 3. The van der Waals surface area contributed by atoms with Gasteiger partial charge in [-0.15, -0.1) is 11.8 Å². The number of carboxylic acids is 1. The minimum atomic E-state index is -1.14. The van der Waals surface area contributed by atoms with Gasteiger partial charge in [-0.1, -0.05) is 0 Å². The first-order valence-corrected chi connectivity index (χ1v) is 6.32. The van der Waals surface area contributed by atoms with Crippen LogP contribution in [-0.4, -0.2) is 74.6 Å². The SMILES string of the molecule is O=C(O)C1CSC(C2O[C@H](CO)[C@@H](O)[C@H]2O)N1.[Zn]. The van der Waals surface area contributed by atoms with Crippen molar-refractivity contribution in [3.05, 3.63) is 0 Å². The average molecular weight is 331 g/mol. The Hall–Kier alpha value is 0.243. The minimum Gasteiger partial charge on any atom is -0.480 e. The Balaban J connectivity index is 0.00000162. The second kappa shape index (κ2) is 6.61. The van der Waals surface area contributed by atoms with Crippen LogP contribution in [0.1, 0.15) is 0 Å². The maximum absolute atomic E-state index is 10.8. The molecule has 2 aliphatic rings. The van der Waals surface area contributed by atoms with Crippen molar-refractivity contribution in [2.24, 2.45) is 0 Å². The molecule has 18 heavy (non-hydrogen) atoms. The fourth-order valence-electron chi connectivity index (χ4n) is 2.01. The summed E-state index contributed by atoms with van der Waals surface area (Å²) in [5.74, 6) is -0.571. The van der Waals surface area contributed by atoms with E-state index in [9.17, 15) is 15.0 Å². The molecular weight excluding hydrogens is 316 g/mol. The summed E-state index contributed by atoms with van der Waals surface area (Å²) in [7, 11) is 0. The Morgan fingerprint density at radius 3 is 2.50 bits per heavy atom. The summed E-state index contributed by atoms with van der Waals surface area (Å²) in [6.07, 6.45) is -3.79. The number of hydrogen-bond acceptors (Lipinski definition) is 7. The molecular formula is C9H15NO6SZn. The van der Waals surface area contributed by atoms with Crippen molar-refractivity contribution >= 4 is 17.7 Å². The number of aliphatic hydroxyl groups excluding tert-OH is 3. The molecule has 7 nitrogen and oxygen atoms in total. The van der Waals surface area contributed by atoms with E-state index in [0.29, 0.717) is 5.75 Å². The fourth-order valence-corrected chi connectivity index (χ4v) is 3.32. The van der Waals surface area contributed by atoms with Gasteiger partial charge in [-0.2, -0.15) is 0 Å². The van der Waals surface area contributed by atoms with Crippen LogP contribution in [0.4, 0.5) is 0 Å². The molecule has 0 bridgehead atoms. The number of carbonyl (C=O) groups is 1. The molecule has 0 saturated carbocycles. The Bertz CT molecular complexity index is 309.